The Morgan fingerprint density at radius 2 is 2.05 bits per heavy atom. The SMILES string of the molecule is CCOC(=O)C1(C)N(CCO)C(=O)c2ccccc2N1C. The van der Waals surface area contributed by atoms with Gasteiger partial charge in [0.15, 0.2) is 0 Å². The Kier molecular flexibility index (Phi) is 4.18. The molecule has 0 fully saturated rings. The fourth-order valence-electron chi connectivity index (χ4n) is 2.64. The molecule has 6 heteroatoms. The lowest BCUT2D eigenvalue weighted by molar-refractivity contribution is -0.155. The number of benzene rings is 1. The summed E-state index contributed by atoms with van der Waals surface area (Å²) in [7, 11) is 1.74. The number of hydrogen-bond acceptors (Lipinski definition) is 5. The zero-order chi connectivity index (χ0) is 15.6. The maximum Gasteiger partial charge on any atom is 0.353 e. The van der Waals surface area contributed by atoms with Crippen molar-refractivity contribution in [3.8, 4) is 0 Å². The normalized spacial score (nSPS) is 21.2. The average molecular weight is 292 g/mol. The van der Waals surface area contributed by atoms with E-state index >= 15 is 0 Å². The zero-order valence-corrected chi connectivity index (χ0v) is 12.5. The third-order valence-electron chi connectivity index (χ3n) is 3.91. The highest BCUT2D eigenvalue weighted by molar-refractivity contribution is 6.06. The molecule has 21 heavy (non-hydrogen) atoms. The molecule has 0 bridgehead atoms. The Balaban J connectivity index is 2.57. The summed E-state index contributed by atoms with van der Waals surface area (Å²) < 4.78 is 5.14. The summed E-state index contributed by atoms with van der Waals surface area (Å²) in [5.74, 6) is -0.794. The average Bonchev–Trinajstić information content (AvgIpc) is 2.49. The number of para-hydroxylation sites is 1. The second-order valence-electron chi connectivity index (χ2n) is 5.00. The van der Waals surface area contributed by atoms with E-state index in [9.17, 15) is 14.7 Å². The molecule has 0 saturated heterocycles. The molecule has 1 amide bonds. The van der Waals surface area contributed by atoms with Gasteiger partial charge in [0.05, 0.1) is 24.5 Å². The minimum atomic E-state index is -1.27. The maximum atomic E-state index is 12.7. The molecule has 1 aliphatic heterocycles. The van der Waals surface area contributed by atoms with Gasteiger partial charge in [0.25, 0.3) is 5.91 Å². The lowest BCUT2D eigenvalue weighted by atomic mass is 9.98. The van der Waals surface area contributed by atoms with Crippen molar-refractivity contribution in [1.29, 1.82) is 0 Å². The number of likely N-dealkylation sites (N-methyl/N-ethyl adjacent to an activating group) is 1. The minimum absolute atomic E-state index is 0.0623. The van der Waals surface area contributed by atoms with Crippen molar-refractivity contribution in [3.63, 3.8) is 0 Å². The number of esters is 1. The second kappa shape index (κ2) is 5.73. The third-order valence-corrected chi connectivity index (χ3v) is 3.91. The molecule has 1 aromatic rings. The van der Waals surface area contributed by atoms with Crippen LogP contribution in [0.15, 0.2) is 24.3 Å². The number of nitrogens with zero attached hydrogens (tertiary/aromatic N) is 2. The van der Waals surface area contributed by atoms with Crippen molar-refractivity contribution in [2.75, 3.05) is 31.7 Å². The third kappa shape index (κ3) is 2.25. The Bertz CT molecular complexity index is 560. The van der Waals surface area contributed by atoms with Crippen molar-refractivity contribution in [3.05, 3.63) is 29.8 Å². The highest BCUT2D eigenvalue weighted by Crippen LogP contribution is 2.36. The first-order valence-electron chi connectivity index (χ1n) is 6.91. The van der Waals surface area contributed by atoms with Crippen LogP contribution in [0, 0.1) is 0 Å². The number of carbonyl (C=O) groups is 2. The summed E-state index contributed by atoms with van der Waals surface area (Å²) in [6.45, 7) is 3.42. The Labute approximate surface area is 123 Å². The van der Waals surface area contributed by atoms with E-state index in [4.69, 9.17) is 4.74 Å². The van der Waals surface area contributed by atoms with Gasteiger partial charge in [0.2, 0.25) is 5.66 Å². The lowest BCUT2D eigenvalue weighted by Crippen LogP contribution is -2.68. The Morgan fingerprint density at radius 1 is 1.38 bits per heavy atom. The van der Waals surface area contributed by atoms with E-state index in [1.807, 2.05) is 6.07 Å². The molecule has 114 valence electrons. The van der Waals surface area contributed by atoms with Gasteiger partial charge in [-0.3, -0.25) is 4.79 Å². The van der Waals surface area contributed by atoms with Gasteiger partial charge in [-0.1, -0.05) is 12.1 Å². The highest BCUT2D eigenvalue weighted by atomic mass is 16.5. The fourth-order valence-corrected chi connectivity index (χ4v) is 2.64. The number of amides is 1. The number of aliphatic hydroxyl groups excluding tert-OH is 1. The zero-order valence-electron chi connectivity index (χ0n) is 12.5. The fraction of sp³-hybridized carbons (Fsp3) is 0.467. The van der Waals surface area contributed by atoms with Crippen LogP contribution < -0.4 is 4.90 Å². The molecule has 0 saturated carbocycles. The lowest BCUT2D eigenvalue weighted by Gasteiger charge is -2.49. The summed E-state index contributed by atoms with van der Waals surface area (Å²) in [6, 6.07) is 7.09. The van der Waals surface area contributed by atoms with Crippen LogP contribution in [0.4, 0.5) is 5.69 Å². The van der Waals surface area contributed by atoms with E-state index in [1.165, 1.54) is 4.90 Å². The molecule has 1 aliphatic rings. The van der Waals surface area contributed by atoms with Gasteiger partial charge < -0.3 is 19.6 Å². The first-order valence-corrected chi connectivity index (χ1v) is 6.91. The van der Waals surface area contributed by atoms with Crippen molar-refractivity contribution in [2.24, 2.45) is 0 Å². The Morgan fingerprint density at radius 3 is 2.67 bits per heavy atom. The first kappa shape index (κ1) is 15.3. The van der Waals surface area contributed by atoms with Crippen LogP contribution in [-0.4, -0.2) is 54.4 Å². The number of anilines is 1. The van der Waals surface area contributed by atoms with Crippen LogP contribution >= 0.6 is 0 Å². The van der Waals surface area contributed by atoms with Gasteiger partial charge in [-0.25, -0.2) is 4.79 Å². The molecule has 0 spiro atoms. The highest BCUT2D eigenvalue weighted by Gasteiger charge is 2.51. The molecule has 1 aromatic carbocycles. The molecule has 1 unspecified atom stereocenters. The second-order valence-corrected chi connectivity index (χ2v) is 5.00. The predicted octanol–water partition coefficient (Wildman–Crippen LogP) is 0.850. The first-order chi connectivity index (χ1) is 9.98. The molecule has 1 atom stereocenters. The maximum absolute atomic E-state index is 12.7. The molecule has 2 rings (SSSR count). The number of ether oxygens (including phenoxy) is 1. The largest absolute Gasteiger partial charge is 0.463 e. The van der Waals surface area contributed by atoms with Gasteiger partial charge in [-0.05, 0) is 26.0 Å². The van der Waals surface area contributed by atoms with E-state index in [1.54, 1.807) is 44.0 Å². The number of carbonyl (C=O) groups excluding carboxylic acids is 2. The summed E-state index contributed by atoms with van der Waals surface area (Å²) in [4.78, 5) is 28.2. The molecular formula is C15H20N2O4. The Hall–Kier alpha value is -2.08. The smallest absolute Gasteiger partial charge is 0.353 e. The number of hydrogen-bond donors (Lipinski definition) is 1. The van der Waals surface area contributed by atoms with E-state index in [0.717, 1.165) is 0 Å². The monoisotopic (exact) mass is 292 g/mol. The molecular weight excluding hydrogens is 272 g/mol. The van der Waals surface area contributed by atoms with Crippen LogP contribution in [0.5, 0.6) is 0 Å². The van der Waals surface area contributed by atoms with Gasteiger partial charge in [0.1, 0.15) is 0 Å². The van der Waals surface area contributed by atoms with Crippen LogP contribution in [0.2, 0.25) is 0 Å². The number of β-amino-alcohol motifs (C(OH)–C–C–N with tert-alkyl or cyclic N) is 1. The van der Waals surface area contributed by atoms with Crippen LogP contribution in [0.25, 0.3) is 0 Å². The quantitative estimate of drug-likeness (QED) is 0.833. The van der Waals surface area contributed by atoms with E-state index < -0.39 is 11.6 Å². The summed E-state index contributed by atoms with van der Waals surface area (Å²) in [5.41, 5.74) is -0.0908. The van der Waals surface area contributed by atoms with Crippen molar-refractivity contribution >= 4 is 17.6 Å². The topological polar surface area (TPSA) is 70.1 Å². The number of aliphatic hydroxyl groups is 1. The van der Waals surface area contributed by atoms with Crippen molar-refractivity contribution in [1.82, 2.24) is 4.90 Å². The van der Waals surface area contributed by atoms with Crippen molar-refractivity contribution in [2.45, 2.75) is 19.5 Å². The molecule has 6 nitrogen and oxygen atoms in total. The van der Waals surface area contributed by atoms with E-state index in [-0.39, 0.29) is 25.7 Å². The molecule has 0 aliphatic carbocycles. The predicted molar refractivity (Wildman–Crippen MR) is 78.0 cm³/mol. The van der Waals surface area contributed by atoms with E-state index in [2.05, 4.69) is 0 Å². The summed E-state index contributed by atoms with van der Waals surface area (Å²) >= 11 is 0. The van der Waals surface area contributed by atoms with Crippen LogP contribution in [-0.2, 0) is 9.53 Å². The van der Waals surface area contributed by atoms with Gasteiger partial charge in [-0.2, -0.15) is 0 Å². The minimum Gasteiger partial charge on any atom is -0.463 e. The summed E-state index contributed by atoms with van der Waals surface area (Å²) in [6.07, 6.45) is 0. The van der Waals surface area contributed by atoms with Gasteiger partial charge in [0, 0.05) is 13.6 Å². The van der Waals surface area contributed by atoms with Crippen LogP contribution in [0.3, 0.4) is 0 Å². The number of rotatable bonds is 4. The van der Waals surface area contributed by atoms with E-state index in [0.29, 0.717) is 11.3 Å². The molecule has 0 radical (unpaired) electrons. The number of fused-ring (bicyclic) bond motifs is 1. The standard InChI is InChI=1S/C15H20N2O4/c1-4-21-14(20)15(2)16(3)12-8-6-5-7-11(12)13(19)17(15)9-10-18/h5-8,18H,4,9-10H2,1-3H3. The van der Waals surface area contributed by atoms with Crippen LogP contribution in [0.1, 0.15) is 24.2 Å². The van der Waals surface area contributed by atoms with Gasteiger partial charge >= 0.3 is 5.97 Å². The summed E-state index contributed by atoms with van der Waals surface area (Å²) in [5, 5.41) is 9.25. The van der Waals surface area contributed by atoms with Gasteiger partial charge in [-0.15, -0.1) is 0 Å². The molecule has 1 heterocycles. The molecule has 1 N–H and O–H groups in total. The van der Waals surface area contributed by atoms with Crippen molar-refractivity contribution < 1.29 is 19.4 Å². The molecule has 0 aromatic heterocycles.